The molecule has 0 fully saturated rings. The number of pyridine rings is 1. The Bertz CT molecular complexity index is 658. The number of rotatable bonds is 5. The van der Waals surface area contributed by atoms with Crippen molar-refractivity contribution in [2.45, 2.75) is 32.4 Å². The van der Waals surface area contributed by atoms with Crippen LogP contribution in [0.2, 0.25) is 0 Å². The van der Waals surface area contributed by atoms with E-state index in [-0.39, 0.29) is 17.7 Å². The second kappa shape index (κ2) is 6.28. The highest BCUT2D eigenvalue weighted by atomic mass is 16.5. The van der Waals surface area contributed by atoms with Gasteiger partial charge in [0.1, 0.15) is 18.5 Å². The molecule has 0 bridgehead atoms. The van der Waals surface area contributed by atoms with Gasteiger partial charge in [0.2, 0.25) is 0 Å². The highest BCUT2D eigenvalue weighted by molar-refractivity contribution is 5.86. The maximum absolute atomic E-state index is 11.7. The van der Waals surface area contributed by atoms with Crippen LogP contribution >= 0.6 is 0 Å². The Balaban J connectivity index is 2.04. The first-order chi connectivity index (χ1) is 9.87. The molecule has 3 N–H and O–H groups in total. The minimum Gasteiger partial charge on any atom is -0.489 e. The van der Waals surface area contributed by atoms with Crippen LogP contribution in [0.5, 0.6) is 5.75 Å². The van der Waals surface area contributed by atoms with E-state index in [1.165, 1.54) is 6.20 Å². The summed E-state index contributed by atoms with van der Waals surface area (Å²) in [4.78, 5) is 14.4. The first kappa shape index (κ1) is 15.5. The Hall–Kier alpha value is -1.85. The van der Waals surface area contributed by atoms with Gasteiger partial charge in [0, 0.05) is 23.7 Å². The van der Waals surface area contributed by atoms with Crippen molar-refractivity contribution in [2.75, 3.05) is 13.2 Å². The van der Waals surface area contributed by atoms with Crippen LogP contribution in [0, 0.1) is 0 Å². The van der Waals surface area contributed by atoms with Crippen LogP contribution in [-0.4, -0.2) is 34.9 Å². The second-order valence-corrected chi connectivity index (χ2v) is 6.12. The molecule has 0 aliphatic heterocycles. The number of H-pyrrole nitrogens is 1. The molecular formula is C16H22N2O3. The van der Waals surface area contributed by atoms with Gasteiger partial charge in [-0.15, -0.1) is 0 Å². The van der Waals surface area contributed by atoms with Crippen LogP contribution in [0.15, 0.2) is 35.3 Å². The Morgan fingerprint density at radius 3 is 2.62 bits per heavy atom. The summed E-state index contributed by atoms with van der Waals surface area (Å²) < 4.78 is 5.64. The molecule has 0 spiro atoms. The molecule has 0 radical (unpaired) electrons. The maximum Gasteiger partial charge on any atom is 0.256 e. The fourth-order valence-corrected chi connectivity index (χ4v) is 1.97. The highest BCUT2D eigenvalue weighted by Gasteiger charge is 2.13. The van der Waals surface area contributed by atoms with E-state index in [2.05, 4.69) is 10.3 Å². The molecule has 1 aromatic heterocycles. The SMILES string of the molecule is CC(C)(C)NCC(O)COc1c[nH]c(=O)c2ccccc12. The van der Waals surface area contributed by atoms with E-state index < -0.39 is 6.10 Å². The number of aromatic nitrogens is 1. The van der Waals surface area contributed by atoms with E-state index in [4.69, 9.17) is 4.74 Å². The molecule has 2 rings (SSSR count). The fraction of sp³-hybridized carbons (Fsp3) is 0.438. The Kier molecular flexibility index (Phi) is 4.65. The summed E-state index contributed by atoms with van der Waals surface area (Å²) >= 11 is 0. The van der Waals surface area contributed by atoms with E-state index in [1.807, 2.05) is 39.0 Å². The average molecular weight is 290 g/mol. The number of aliphatic hydroxyl groups excluding tert-OH is 1. The zero-order valence-electron chi connectivity index (χ0n) is 12.6. The Morgan fingerprint density at radius 2 is 1.95 bits per heavy atom. The molecule has 1 heterocycles. The molecule has 0 amide bonds. The number of fused-ring (bicyclic) bond motifs is 1. The summed E-state index contributed by atoms with van der Waals surface area (Å²) in [5.41, 5.74) is -0.195. The third-order valence-electron chi connectivity index (χ3n) is 3.07. The van der Waals surface area contributed by atoms with Gasteiger partial charge in [-0.3, -0.25) is 4.79 Å². The lowest BCUT2D eigenvalue weighted by Crippen LogP contribution is -2.42. The number of hydrogen-bond donors (Lipinski definition) is 3. The van der Waals surface area contributed by atoms with E-state index in [1.54, 1.807) is 6.07 Å². The zero-order chi connectivity index (χ0) is 15.5. The molecule has 114 valence electrons. The molecule has 1 unspecified atom stereocenters. The predicted octanol–water partition coefficient (Wildman–Crippen LogP) is 1.66. The lowest BCUT2D eigenvalue weighted by atomic mass is 10.1. The van der Waals surface area contributed by atoms with Crippen LogP contribution in [0.4, 0.5) is 0 Å². The van der Waals surface area contributed by atoms with E-state index in [0.717, 1.165) is 5.39 Å². The molecule has 0 saturated heterocycles. The summed E-state index contributed by atoms with van der Waals surface area (Å²) in [6, 6.07) is 7.24. The normalized spacial score (nSPS) is 13.3. The van der Waals surface area contributed by atoms with E-state index in [0.29, 0.717) is 17.7 Å². The number of β-amino-alcohol motifs (C(OH)–C–C–N with tert-alkyl or cyclic N) is 1. The Morgan fingerprint density at radius 1 is 1.29 bits per heavy atom. The molecule has 2 aromatic rings. The van der Waals surface area contributed by atoms with E-state index >= 15 is 0 Å². The van der Waals surface area contributed by atoms with Gasteiger partial charge in [0.25, 0.3) is 5.56 Å². The standard InChI is InChI=1S/C16H22N2O3/c1-16(2,3)18-8-11(19)10-21-14-9-17-15(20)13-7-5-4-6-12(13)14/h4-7,9,11,18-19H,8,10H2,1-3H3,(H,17,20). The molecule has 0 saturated carbocycles. The predicted molar refractivity (Wildman–Crippen MR) is 83.8 cm³/mol. The van der Waals surface area contributed by atoms with Gasteiger partial charge in [-0.05, 0) is 26.8 Å². The van der Waals surface area contributed by atoms with Gasteiger partial charge >= 0.3 is 0 Å². The van der Waals surface area contributed by atoms with Crippen molar-refractivity contribution >= 4 is 10.8 Å². The quantitative estimate of drug-likeness (QED) is 0.783. The van der Waals surface area contributed by atoms with Crippen LogP contribution in [-0.2, 0) is 0 Å². The molecule has 0 aliphatic carbocycles. The Labute approximate surface area is 124 Å². The summed E-state index contributed by atoms with van der Waals surface area (Å²) in [7, 11) is 0. The lowest BCUT2D eigenvalue weighted by molar-refractivity contribution is 0.101. The zero-order valence-corrected chi connectivity index (χ0v) is 12.6. The summed E-state index contributed by atoms with van der Waals surface area (Å²) in [5, 5.41) is 14.5. The number of ether oxygens (including phenoxy) is 1. The molecule has 0 aliphatic rings. The minimum atomic E-state index is -0.616. The van der Waals surface area contributed by atoms with Crippen LogP contribution in [0.25, 0.3) is 10.8 Å². The van der Waals surface area contributed by atoms with Crippen molar-refractivity contribution in [3.05, 3.63) is 40.8 Å². The highest BCUT2D eigenvalue weighted by Crippen LogP contribution is 2.21. The van der Waals surface area contributed by atoms with Gasteiger partial charge in [-0.25, -0.2) is 0 Å². The minimum absolute atomic E-state index is 0.0499. The summed E-state index contributed by atoms with van der Waals surface area (Å²) in [5.74, 6) is 0.569. The molecule has 1 aromatic carbocycles. The third kappa shape index (κ3) is 4.31. The summed E-state index contributed by atoms with van der Waals surface area (Å²) in [6.07, 6.45) is 0.920. The topological polar surface area (TPSA) is 74.3 Å². The van der Waals surface area contributed by atoms with Crippen molar-refractivity contribution in [1.82, 2.24) is 10.3 Å². The number of nitrogens with one attached hydrogen (secondary N) is 2. The van der Waals surface area contributed by atoms with Crippen LogP contribution in [0.3, 0.4) is 0 Å². The van der Waals surface area contributed by atoms with Gasteiger partial charge in [0.05, 0.1) is 5.39 Å². The van der Waals surface area contributed by atoms with Crippen molar-refractivity contribution < 1.29 is 9.84 Å². The summed E-state index contributed by atoms with van der Waals surface area (Å²) in [6.45, 7) is 6.73. The molecule has 21 heavy (non-hydrogen) atoms. The average Bonchev–Trinajstić information content (AvgIpc) is 2.44. The van der Waals surface area contributed by atoms with Gasteiger partial charge in [-0.1, -0.05) is 18.2 Å². The van der Waals surface area contributed by atoms with Gasteiger partial charge in [-0.2, -0.15) is 0 Å². The monoisotopic (exact) mass is 290 g/mol. The second-order valence-electron chi connectivity index (χ2n) is 6.12. The maximum atomic E-state index is 11.7. The van der Waals surface area contributed by atoms with Crippen molar-refractivity contribution in [1.29, 1.82) is 0 Å². The largest absolute Gasteiger partial charge is 0.489 e. The molecule has 5 heteroatoms. The van der Waals surface area contributed by atoms with Crippen molar-refractivity contribution in [3.63, 3.8) is 0 Å². The van der Waals surface area contributed by atoms with Gasteiger partial charge < -0.3 is 20.1 Å². The number of benzene rings is 1. The molecule has 1 atom stereocenters. The van der Waals surface area contributed by atoms with Crippen molar-refractivity contribution in [2.24, 2.45) is 0 Å². The van der Waals surface area contributed by atoms with Crippen LogP contribution < -0.4 is 15.6 Å². The first-order valence-electron chi connectivity index (χ1n) is 7.03. The molecule has 5 nitrogen and oxygen atoms in total. The van der Waals surface area contributed by atoms with Gasteiger partial charge in [0.15, 0.2) is 0 Å². The molecular weight excluding hydrogens is 268 g/mol. The lowest BCUT2D eigenvalue weighted by Gasteiger charge is -2.23. The third-order valence-corrected chi connectivity index (χ3v) is 3.07. The van der Waals surface area contributed by atoms with E-state index in [9.17, 15) is 9.90 Å². The van der Waals surface area contributed by atoms with Crippen molar-refractivity contribution in [3.8, 4) is 5.75 Å². The number of hydrogen-bond acceptors (Lipinski definition) is 4. The first-order valence-corrected chi connectivity index (χ1v) is 7.03. The van der Waals surface area contributed by atoms with Crippen LogP contribution in [0.1, 0.15) is 20.8 Å². The number of aliphatic hydroxyl groups is 1. The number of aromatic amines is 1. The fourth-order valence-electron chi connectivity index (χ4n) is 1.97. The smallest absolute Gasteiger partial charge is 0.256 e.